The molecule has 0 spiro atoms. The van der Waals surface area contributed by atoms with Gasteiger partial charge in [-0.15, -0.1) is 10.2 Å². The van der Waals surface area contributed by atoms with Crippen LogP contribution in [0.25, 0.3) is 0 Å². The number of rotatable bonds is 4. The number of alkyl halides is 3. The number of hydrogen-bond donors (Lipinski definition) is 2. The monoisotopic (exact) mass is 284 g/mol. The number of anilines is 1. The van der Waals surface area contributed by atoms with Gasteiger partial charge in [-0.2, -0.15) is 13.2 Å². The Balaban J connectivity index is 2.57. The van der Waals surface area contributed by atoms with Gasteiger partial charge in [0.15, 0.2) is 11.0 Å². The first-order valence-electron chi connectivity index (χ1n) is 4.65. The van der Waals surface area contributed by atoms with Crippen LogP contribution in [-0.2, 0) is 16.1 Å². The molecule has 0 aromatic carbocycles. The first kappa shape index (κ1) is 14.5. The van der Waals surface area contributed by atoms with E-state index >= 15 is 0 Å². The first-order valence-corrected chi connectivity index (χ1v) is 5.03. The maximum absolute atomic E-state index is 11.8. The van der Waals surface area contributed by atoms with Crippen molar-refractivity contribution < 1.29 is 22.8 Å². The molecule has 0 aliphatic rings. The lowest BCUT2D eigenvalue weighted by atomic mass is 10.2. The number of nitrogens with one attached hydrogen (secondary N) is 2. The third-order valence-corrected chi connectivity index (χ3v) is 1.95. The Morgan fingerprint density at radius 1 is 1.50 bits per heavy atom. The highest BCUT2D eigenvalue weighted by Gasteiger charge is 2.41. The molecule has 0 bridgehead atoms. The smallest absolute Gasteiger partial charge is 0.343 e. The Bertz CT molecular complexity index is 441. The highest BCUT2D eigenvalue weighted by Crippen LogP contribution is 2.17. The summed E-state index contributed by atoms with van der Waals surface area (Å²) in [5.41, 5.74) is 4.39. The van der Waals surface area contributed by atoms with Crippen molar-refractivity contribution in [2.75, 3.05) is 5.43 Å². The van der Waals surface area contributed by atoms with Gasteiger partial charge < -0.3 is 4.84 Å². The second-order valence-electron chi connectivity index (χ2n) is 3.01. The van der Waals surface area contributed by atoms with Crippen LogP contribution >= 0.6 is 11.6 Å². The number of carbonyl (C=O) groups is 1. The van der Waals surface area contributed by atoms with Crippen molar-refractivity contribution in [3.05, 3.63) is 16.8 Å². The molecule has 0 saturated heterocycles. The molecule has 1 aromatic rings. The topological polar surface area (TPSA) is 76.1 Å². The molecule has 1 aromatic heterocycles. The molecule has 0 aliphatic carbocycles. The van der Waals surface area contributed by atoms with Crippen molar-refractivity contribution >= 4 is 23.4 Å². The van der Waals surface area contributed by atoms with E-state index in [2.05, 4.69) is 20.5 Å². The van der Waals surface area contributed by atoms with Crippen LogP contribution in [0.1, 0.15) is 12.5 Å². The molecule has 100 valence electrons. The summed E-state index contributed by atoms with van der Waals surface area (Å²) in [5, 5.41) is 7.21. The van der Waals surface area contributed by atoms with Crippen molar-refractivity contribution in [3.63, 3.8) is 0 Å². The Morgan fingerprint density at radius 3 is 2.72 bits per heavy atom. The summed E-state index contributed by atoms with van der Waals surface area (Å²) in [4.78, 5) is 14.1. The van der Waals surface area contributed by atoms with Gasteiger partial charge in [0.1, 0.15) is 0 Å². The van der Waals surface area contributed by atoms with E-state index in [1.54, 1.807) is 12.5 Å². The first-order chi connectivity index (χ1) is 8.34. The molecular weight excluding hydrogens is 277 g/mol. The van der Waals surface area contributed by atoms with Crippen LogP contribution in [0, 0.1) is 0 Å². The molecule has 6 nitrogen and oxygen atoms in total. The van der Waals surface area contributed by atoms with Gasteiger partial charge in [0.05, 0.1) is 0 Å². The van der Waals surface area contributed by atoms with Crippen LogP contribution < -0.4 is 11.0 Å². The van der Waals surface area contributed by atoms with Crippen LogP contribution in [0.5, 0.6) is 0 Å². The number of carbonyl (C=O) groups excluding carboxylic acids is 1. The third-order valence-electron chi connectivity index (χ3n) is 1.77. The summed E-state index contributed by atoms with van der Waals surface area (Å²) in [6, 6.07) is 1.48. The van der Waals surface area contributed by atoms with Crippen LogP contribution in [0.15, 0.2) is 6.07 Å². The fourth-order valence-corrected chi connectivity index (χ4v) is 1.13. The van der Waals surface area contributed by atoms with Crippen molar-refractivity contribution in [3.8, 4) is 0 Å². The highest BCUT2D eigenvalue weighted by atomic mass is 35.5. The highest BCUT2D eigenvalue weighted by molar-refractivity contribution is 6.29. The average Bonchev–Trinajstić information content (AvgIpc) is 2.29. The number of aryl methyl sites for hydroxylation is 1. The SMILES string of the molecule is CCc1cc(Cl)nnc1NNOC(=O)C(F)(F)F. The van der Waals surface area contributed by atoms with Crippen LogP contribution in [0.4, 0.5) is 19.0 Å². The number of hydrogen-bond acceptors (Lipinski definition) is 6. The van der Waals surface area contributed by atoms with E-state index in [0.29, 0.717) is 12.0 Å². The standard InChI is InChI=1S/C8H8ClF3N4O2/c1-2-4-3-5(9)13-14-6(4)15-16-18-7(17)8(10,11)12/h3,16H,2H2,1H3,(H,14,15). The minimum Gasteiger partial charge on any atom is -0.343 e. The molecule has 2 N–H and O–H groups in total. The van der Waals surface area contributed by atoms with Crippen molar-refractivity contribution in [1.29, 1.82) is 0 Å². The largest absolute Gasteiger partial charge is 0.492 e. The zero-order valence-corrected chi connectivity index (χ0v) is 9.76. The molecule has 1 heterocycles. The summed E-state index contributed by atoms with van der Waals surface area (Å²) >= 11 is 5.58. The predicted molar refractivity (Wildman–Crippen MR) is 55.3 cm³/mol. The maximum Gasteiger partial charge on any atom is 0.492 e. The number of hydrazine groups is 1. The van der Waals surface area contributed by atoms with Gasteiger partial charge in [-0.25, -0.2) is 4.79 Å². The molecule has 0 atom stereocenters. The molecule has 0 amide bonds. The zero-order valence-electron chi connectivity index (χ0n) is 9.01. The zero-order chi connectivity index (χ0) is 13.8. The van der Waals surface area contributed by atoms with E-state index in [4.69, 9.17) is 11.6 Å². The third kappa shape index (κ3) is 4.00. The van der Waals surface area contributed by atoms with E-state index < -0.39 is 12.1 Å². The van der Waals surface area contributed by atoms with Gasteiger partial charge in [-0.05, 0) is 12.5 Å². The Morgan fingerprint density at radius 2 is 2.17 bits per heavy atom. The van der Waals surface area contributed by atoms with E-state index in [0.717, 1.165) is 0 Å². The molecule has 18 heavy (non-hydrogen) atoms. The summed E-state index contributed by atoms with van der Waals surface area (Å²) in [7, 11) is 0. The lowest BCUT2D eigenvalue weighted by Crippen LogP contribution is -2.34. The normalized spacial score (nSPS) is 11.2. The number of aromatic nitrogens is 2. The molecule has 0 radical (unpaired) electrons. The van der Waals surface area contributed by atoms with Gasteiger partial charge >= 0.3 is 12.1 Å². The molecule has 0 unspecified atom stereocenters. The lowest BCUT2D eigenvalue weighted by molar-refractivity contribution is -0.205. The van der Waals surface area contributed by atoms with Gasteiger partial charge in [0, 0.05) is 5.56 Å². The molecule has 0 fully saturated rings. The van der Waals surface area contributed by atoms with Gasteiger partial charge in [0.25, 0.3) is 0 Å². The fourth-order valence-electron chi connectivity index (χ4n) is 0.956. The van der Waals surface area contributed by atoms with Crippen molar-refractivity contribution in [2.24, 2.45) is 0 Å². The van der Waals surface area contributed by atoms with E-state index in [9.17, 15) is 18.0 Å². The molecular formula is C8H8ClF3N4O2. The maximum atomic E-state index is 11.8. The van der Waals surface area contributed by atoms with Gasteiger partial charge in [-0.1, -0.05) is 24.1 Å². The Kier molecular flexibility index (Phi) is 4.68. The van der Waals surface area contributed by atoms with Crippen LogP contribution in [0.2, 0.25) is 5.15 Å². The van der Waals surface area contributed by atoms with Crippen LogP contribution in [-0.4, -0.2) is 22.3 Å². The van der Waals surface area contributed by atoms with E-state index in [1.165, 1.54) is 6.07 Å². The lowest BCUT2D eigenvalue weighted by Gasteiger charge is -2.11. The second-order valence-corrected chi connectivity index (χ2v) is 3.40. The summed E-state index contributed by atoms with van der Waals surface area (Å²) in [6.07, 6.45) is -4.57. The molecule has 0 saturated carbocycles. The summed E-state index contributed by atoms with van der Waals surface area (Å²) in [5.74, 6) is -2.27. The van der Waals surface area contributed by atoms with Gasteiger partial charge in [0.2, 0.25) is 0 Å². The molecule has 10 heteroatoms. The number of halogens is 4. The molecule has 1 rings (SSSR count). The summed E-state index contributed by atoms with van der Waals surface area (Å²) in [6.45, 7) is 1.78. The van der Waals surface area contributed by atoms with Gasteiger partial charge in [-0.3, -0.25) is 5.43 Å². The minimum atomic E-state index is -5.08. The van der Waals surface area contributed by atoms with Crippen molar-refractivity contribution in [2.45, 2.75) is 19.5 Å². The summed E-state index contributed by atoms with van der Waals surface area (Å²) < 4.78 is 35.4. The quantitative estimate of drug-likeness (QED) is 0.819. The average molecular weight is 285 g/mol. The molecule has 0 aliphatic heterocycles. The van der Waals surface area contributed by atoms with Crippen LogP contribution in [0.3, 0.4) is 0 Å². The predicted octanol–water partition coefficient (Wildman–Crippen LogP) is 1.63. The minimum absolute atomic E-state index is 0.108. The Labute approximate surface area is 104 Å². The van der Waals surface area contributed by atoms with E-state index in [-0.39, 0.29) is 11.0 Å². The second kappa shape index (κ2) is 5.83. The fraction of sp³-hybridized carbons (Fsp3) is 0.375. The van der Waals surface area contributed by atoms with Crippen molar-refractivity contribution in [1.82, 2.24) is 15.8 Å². The van der Waals surface area contributed by atoms with E-state index in [1.807, 2.05) is 0 Å². The Hall–Kier alpha value is -1.61. The number of nitrogens with zero attached hydrogens (tertiary/aromatic N) is 2.